The molecule has 0 saturated carbocycles. The first-order chi connectivity index (χ1) is 9.67. The molecule has 0 aliphatic carbocycles. The van der Waals surface area contributed by atoms with Crippen LogP contribution in [0.2, 0.25) is 0 Å². The van der Waals surface area contributed by atoms with Crippen LogP contribution in [-0.2, 0) is 11.3 Å². The van der Waals surface area contributed by atoms with E-state index in [4.69, 9.17) is 4.42 Å². The fourth-order valence-corrected chi connectivity index (χ4v) is 2.01. The van der Waals surface area contributed by atoms with Crippen LogP contribution < -0.4 is 10.6 Å². The second kappa shape index (κ2) is 7.15. The predicted molar refractivity (Wildman–Crippen MR) is 78.9 cm³/mol. The lowest BCUT2D eigenvalue weighted by atomic mass is 9.84. The fraction of sp³-hybridized carbons (Fsp3) is 0.600. The van der Waals surface area contributed by atoms with Gasteiger partial charge in [0.2, 0.25) is 0 Å². The molecule has 1 aromatic rings. The molecule has 0 fully saturated rings. The van der Waals surface area contributed by atoms with Crippen molar-refractivity contribution < 1.29 is 19.1 Å². The highest BCUT2D eigenvalue weighted by Crippen LogP contribution is 2.24. The number of carbonyl (C=O) groups is 2. The van der Waals surface area contributed by atoms with Crippen LogP contribution >= 0.6 is 0 Å². The number of hydrogen-bond donors (Lipinski definition) is 3. The average Bonchev–Trinajstić information content (AvgIpc) is 2.76. The van der Waals surface area contributed by atoms with Crippen molar-refractivity contribution in [2.45, 2.75) is 40.7 Å². The van der Waals surface area contributed by atoms with Gasteiger partial charge in [0.25, 0.3) is 0 Å². The Labute approximate surface area is 124 Å². The van der Waals surface area contributed by atoms with Crippen LogP contribution in [0.5, 0.6) is 0 Å². The van der Waals surface area contributed by atoms with Crippen LogP contribution in [0.1, 0.15) is 38.7 Å². The van der Waals surface area contributed by atoms with Gasteiger partial charge in [0.1, 0.15) is 11.5 Å². The molecule has 1 heterocycles. The number of aryl methyl sites for hydroxylation is 1. The molecule has 0 aromatic carbocycles. The molecule has 118 valence electrons. The maximum absolute atomic E-state index is 11.7. The lowest BCUT2D eigenvalue weighted by Crippen LogP contribution is -2.40. The van der Waals surface area contributed by atoms with E-state index in [0.29, 0.717) is 12.2 Å². The van der Waals surface area contributed by atoms with Gasteiger partial charge in [0.05, 0.1) is 12.5 Å². The third kappa shape index (κ3) is 6.83. The SMILES string of the molecule is Cc1ccc(CNC(=O)NCC(CC(C)(C)C)C(=O)O)o1. The van der Waals surface area contributed by atoms with Crippen molar-refractivity contribution >= 4 is 12.0 Å². The van der Waals surface area contributed by atoms with Crippen LogP contribution in [0.3, 0.4) is 0 Å². The topological polar surface area (TPSA) is 91.6 Å². The Morgan fingerprint density at radius 1 is 1.29 bits per heavy atom. The van der Waals surface area contributed by atoms with Crippen LogP contribution in [0.4, 0.5) is 4.79 Å². The predicted octanol–water partition coefficient (Wildman–Crippen LogP) is 2.52. The van der Waals surface area contributed by atoms with E-state index >= 15 is 0 Å². The molecule has 6 heteroatoms. The van der Waals surface area contributed by atoms with Crippen molar-refractivity contribution in [2.75, 3.05) is 6.54 Å². The summed E-state index contributed by atoms with van der Waals surface area (Å²) in [6.07, 6.45) is 0.500. The molecule has 1 rings (SSSR count). The summed E-state index contributed by atoms with van der Waals surface area (Å²) < 4.78 is 5.33. The summed E-state index contributed by atoms with van der Waals surface area (Å²) in [5.41, 5.74) is -0.104. The number of nitrogens with one attached hydrogen (secondary N) is 2. The Morgan fingerprint density at radius 3 is 2.43 bits per heavy atom. The average molecular weight is 296 g/mol. The Kier molecular flexibility index (Phi) is 5.81. The number of carbonyl (C=O) groups excluding carboxylic acids is 1. The van der Waals surface area contributed by atoms with Gasteiger partial charge in [0.15, 0.2) is 0 Å². The van der Waals surface area contributed by atoms with Crippen molar-refractivity contribution in [1.82, 2.24) is 10.6 Å². The number of urea groups is 1. The van der Waals surface area contributed by atoms with Crippen LogP contribution in [0, 0.1) is 18.3 Å². The minimum atomic E-state index is -0.896. The molecule has 6 nitrogen and oxygen atoms in total. The zero-order valence-electron chi connectivity index (χ0n) is 13.0. The molecule has 1 atom stereocenters. The molecule has 0 spiro atoms. The highest BCUT2D eigenvalue weighted by molar-refractivity contribution is 5.75. The van der Waals surface area contributed by atoms with Gasteiger partial charge in [-0.15, -0.1) is 0 Å². The lowest BCUT2D eigenvalue weighted by Gasteiger charge is -2.23. The molecule has 2 amide bonds. The van der Waals surface area contributed by atoms with E-state index in [-0.39, 0.29) is 18.5 Å². The molecule has 0 radical (unpaired) electrons. The van der Waals surface area contributed by atoms with E-state index in [9.17, 15) is 14.7 Å². The number of carboxylic acid groups (broad SMARTS) is 1. The number of amides is 2. The van der Waals surface area contributed by atoms with Crippen LogP contribution in [-0.4, -0.2) is 23.7 Å². The van der Waals surface area contributed by atoms with Gasteiger partial charge < -0.3 is 20.2 Å². The molecule has 1 unspecified atom stereocenters. The summed E-state index contributed by atoms with van der Waals surface area (Å²) in [4.78, 5) is 22.8. The highest BCUT2D eigenvalue weighted by atomic mass is 16.4. The van der Waals surface area contributed by atoms with E-state index in [1.165, 1.54) is 0 Å². The maximum Gasteiger partial charge on any atom is 0.315 e. The van der Waals surface area contributed by atoms with E-state index in [1.54, 1.807) is 6.07 Å². The Hall–Kier alpha value is -1.98. The third-order valence-electron chi connectivity index (χ3n) is 2.94. The first kappa shape index (κ1) is 17.1. The second-order valence-corrected chi connectivity index (χ2v) is 6.38. The molecule has 0 saturated heterocycles. The lowest BCUT2D eigenvalue weighted by molar-refractivity contribution is -0.142. The standard InChI is InChI=1S/C15H24N2O4/c1-10-5-6-12(21-10)9-17-14(20)16-8-11(13(18)19)7-15(2,3)4/h5-6,11H,7-9H2,1-4H3,(H,18,19)(H2,16,17,20). The van der Waals surface area contributed by atoms with Crippen molar-refractivity contribution in [3.8, 4) is 0 Å². The summed E-state index contributed by atoms with van der Waals surface area (Å²) >= 11 is 0. The molecular weight excluding hydrogens is 272 g/mol. The molecule has 0 bridgehead atoms. The van der Waals surface area contributed by atoms with E-state index < -0.39 is 17.9 Å². The summed E-state index contributed by atoms with van der Waals surface area (Å²) in [7, 11) is 0. The summed E-state index contributed by atoms with van der Waals surface area (Å²) in [5.74, 6) is -0.0519. The van der Waals surface area contributed by atoms with Gasteiger partial charge in [-0.25, -0.2) is 4.79 Å². The minimum Gasteiger partial charge on any atom is -0.481 e. The molecule has 0 aliphatic rings. The highest BCUT2D eigenvalue weighted by Gasteiger charge is 2.24. The Morgan fingerprint density at radius 2 is 1.95 bits per heavy atom. The van der Waals surface area contributed by atoms with Gasteiger partial charge in [-0.2, -0.15) is 0 Å². The third-order valence-corrected chi connectivity index (χ3v) is 2.94. The number of carboxylic acids is 1. The zero-order valence-corrected chi connectivity index (χ0v) is 13.0. The van der Waals surface area contributed by atoms with Crippen molar-refractivity contribution in [2.24, 2.45) is 11.3 Å². The van der Waals surface area contributed by atoms with Crippen molar-refractivity contribution in [1.29, 1.82) is 0 Å². The van der Waals surface area contributed by atoms with Gasteiger partial charge in [-0.3, -0.25) is 4.79 Å². The van der Waals surface area contributed by atoms with Crippen molar-refractivity contribution in [3.63, 3.8) is 0 Å². The van der Waals surface area contributed by atoms with Gasteiger partial charge >= 0.3 is 12.0 Å². The zero-order chi connectivity index (χ0) is 16.0. The molecule has 1 aromatic heterocycles. The smallest absolute Gasteiger partial charge is 0.315 e. The number of rotatable bonds is 6. The Bertz CT molecular complexity index is 488. The van der Waals surface area contributed by atoms with Crippen LogP contribution in [0.15, 0.2) is 16.5 Å². The normalized spacial score (nSPS) is 12.8. The Balaban J connectivity index is 2.37. The summed E-state index contributed by atoms with van der Waals surface area (Å²) in [5, 5.41) is 14.4. The number of furan rings is 1. The largest absolute Gasteiger partial charge is 0.481 e. The minimum absolute atomic E-state index is 0.104. The van der Waals surface area contributed by atoms with E-state index in [1.807, 2.05) is 33.8 Å². The van der Waals surface area contributed by atoms with Gasteiger partial charge in [0, 0.05) is 6.54 Å². The van der Waals surface area contributed by atoms with Crippen molar-refractivity contribution in [3.05, 3.63) is 23.7 Å². The fourth-order valence-electron chi connectivity index (χ4n) is 2.01. The summed E-state index contributed by atoms with van der Waals surface area (Å²) in [6, 6.07) is 3.21. The van der Waals surface area contributed by atoms with Gasteiger partial charge in [-0.1, -0.05) is 20.8 Å². The second-order valence-electron chi connectivity index (χ2n) is 6.38. The molecule has 0 aliphatic heterocycles. The maximum atomic E-state index is 11.7. The molecular formula is C15H24N2O4. The quantitative estimate of drug-likeness (QED) is 0.752. The van der Waals surface area contributed by atoms with Crippen LogP contribution in [0.25, 0.3) is 0 Å². The first-order valence-corrected chi connectivity index (χ1v) is 6.97. The number of hydrogen-bond acceptors (Lipinski definition) is 3. The van der Waals surface area contributed by atoms with E-state index in [2.05, 4.69) is 10.6 Å². The van der Waals surface area contributed by atoms with E-state index in [0.717, 1.165) is 5.76 Å². The first-order valence-electron chi connectivity index (χ1n) is 6.97. The monoisotopic (exact) mass is 296 g/mol. The summed E-state index contributed by atoms with van der Waals surface area (Å²) in [6.45, 7) is 8.13. The van der Waals surface area contributed by atoms with Gasteiger partial charge in [-0.05, 0) is 30.9 Å². The molecule has 21 heavy (non-hydrogen) atoms. The number of aliphatic carboxylic acids is 1. The molecule has 3 N–H and O–H groups in total.